The number of hydrogen-bond donors (Lipinski definition) is 2. The van der Waals surface area contributed by atoms with Gasteiger partial charge < -0.3 is 11.1 Å². The lowest BCUT2D eigenvalue weighted by Gasteiger charge is -2.55. The van der Waals surface area contributed by atoms with E-state index in [9.17, 15) is 4.79 Å². The Morgan fingerprint density at radius 2 is 1.73 bits per heavy atom. The molecule has 4 aliphatic carbocycles. The third kappa shape index (κ3) is 2.59. The van der Waals surface area contributed by atoms with Crippen molar-refractivity contribution in [3.63, 3.8) is 0 Å². The third-order valence-corrected chi connectivity index (χ3v) is 7.37. The number of allylic oxidation sites excluding steroid dienone is 1. The Balaban J connectivity index is 1.52. The van der Waals surface area contributed by atoms with Gasteiger partial charge in [0.2, 0.25) is 0 Å². The van der Waals surface area contributed by atoms with E-state index in [0.717, 1.165) is 60.4 Å². The molecule has 138 valence electrons. The summed E-state index contributed by atoms with van der Waals surface area (Å²) in [5.74, 6) is 2.75. The zero-order valence-corrected chi connectivity index (χ0v) is 16.0. The van der Waals surface area contributed by atoms with Crippen LogP contribution in [0.2, 0.25) is 0 Å². The van der Waals surface area contributed by atoms with Gasteiger partial charge in [0.25, 0.3) is 0 Å². The first-order valence-electron chi connectivity index (χ1n) is 10.3. The molecule has 26 heavy (non-hydrogen) atoms. The van der Waals surface area contributed by atoms with Crippen LogP contribution in [-0.2, 0) is 11.2 Å². The van der Waals surface area contributed by atoms with Crippen molar-refractivity contribution in [3.05, 3.63) is 35.4 Å². The van der Waals surface area contributed by atoms with Crippen molar-refractivity contribution in [1.82, 2.24) is 5.32 Å². The first kappa shape index (κ1) is 16.4. The molecule has 0 unspecified atom stereocenters. The third-order valence-electron chi connectivity index (χ3n) is 7.37. The lowest BCUT2D eigenvalue weighted by molar-refractivity contribution is -0.138. The highest BCUT2D eigenvalue weighted by atomic mass is 16.1. The molecule has 1 aromatic carbocycles. The van der Waals surface area contributed by atoms with Crippen LogP contribution in [0.25, 0.3) is 5.70 Å². The number of rotatable bonds is 2. The number of hydrogen-bond acceptors (Lipinski definition) is 3. The molecule has 3 heteroatoms. The minimum Gasteiger partial charge on any atom is -0.399 e. The predicted octanol–water partition coefficient (Wildman–Crippen LogP) is 4.32. The van der Waals surface area contributed by atoms with Gasteiger partial charge in [-0.1, -0.05) is 6.07 Å². The fourth-order valence-electron chi connectivity index (χ4n) is 6.76. The molecule has 1 aliphatic heterocycles. The van der Waals surface area contributed by atoms with E-state index in [1.807, 2.05) is 18.2 Å². The van der Waals surface area contributed by atoms with Gasteiger partial charge in [-0.3, -0.25) is 4.79 Å². The van der Waals surface area contributed by atoms with Crippen molar-refractivity contribution in [1.29, 1.82) is 0 Å². The zero-order chi connectivity index (χ0) is 18.1. The monoisotopic (exact) mass is 350 g/mol. The highest BCUT2D eigenvalue weighted by Gasteiger charge is 2.53. The Kier molecular flexibility index (Phi) is 3.39. The summed E-state index contributed by atoms with van der Waals surface area (Å²) in [5.41, 5.74) is 10.1. The van der Waals surface area contributed by atoms with Gasteiger partial charge in [0, 0.05) is 34.0 Å². The minimum absolute atomic E-state index is 0.0449. The molecule has 3 N–H and O–H groups in total. The zero-order valence-electron chi connectivity index (χ0n) is 16.0. The van der Waals surface area contributed by atoms with E-state index < -0.39 is 0 Å². The highest BCUT2D eigenvalue weighted by molar-refractivity contribution is 6.01. The lowest BCUT2D eigenvalue weighted by Crippen LogP contribution is -2.50. The van der Waals surface area contributed by atoms with Crippen molar-refractivity contribution in [3.8, 4) is 0 Å². The van der Waals surface area contributed by atoms with Gasteiger partial charge in [0.1, 0.15) is 0 Å². The molecule has 1 aromatic rings. The SMILES string of the molecule is CC1(C)Cc2ccc(N)cc2C(=CC(=O)C23CC4CC(CC(C4)C2)C3)N1. The summed E-state index contributed by atoms with van der Waals surface area (Å²) in [7, 11) is 0. The van der Waals surface area contributed by atoms with Crippen LogP contribution in [0.5, 0.6) is 0 Å². The summed E-state index contributed by atoms with van der Waals surface area (Å²) >= 11 is 0. The predicted molar refractivity (Wildman–Crippen MR) is 105 cm³/mol. The smallest absolute Gasteiger partial charge is 0.163 e. The first-order chi connectivity index (χ1) is 12.3. The number of nitrogen functional groups attached to an aromatic ring is 1. The maximum Gasteiger partial charge on any atom is 0.163 e. The number of carbonyl (C=O) groups is 1. The number of carbonyl (C=O) groups excluding carboxylic acids is 1. The number of ketones is 1. The second kappa shape index (κ2) is 5.37. The fourth-order valence-corrected chi connectivity index (χ4v) is 6.76. The van der Waals surface area contributed by atoms with Crippen LogP contribution >= 0.6 is 0 Å². The van der Waals surface area contributed by atoms with E-state index in [-0.39, 0.29) is 11.0 Å². The topological polar surface area (TPSA) is 55.1 Å². The largest absolute Gasteiger partial charge is 0.399 e. The average molecular weight is 351 g/mol. The molecule has 4 saturated carbocycles. The van der Waals surface area contributed by atoms with Crippen LogP contribution in [0.15, 0.2) is 24.3 Å². The molecule has 0 spiro atoms. The van der Waals surface area contributed by atoms with Gasteiger partial charge in [0.15, 0.2) is 5.78 Å². The first-order valence-corrected chi connectivity index (χ1v) is 10.3. The molecule has 4 bridgehead atoms. The molecule has 6 rings (SSSR count). The van der Waals surface area contributed by atoms with E-state index in [4.69, 9.17) is 5.73 Å². The molecule has 5 aliphatic rings. The van der Waals surface area contributed by atoms with Gasteiger partial charge in [-0.05, 0) is 94.2 Å². The van der Waals surface area contributed by atoms with Crippen LogP contribution in [0, 0.1) is 23.2 Å². The van der Waals surface area contributed by atoms with E-state index in [1.165, 1.54) is 24.8 Å². The lowest BCUT2D eigenvalue weighted by atomic mass is 9.48. The van der Waals surface area contributed by atoms with Crippen molar-refractivity contribution >= 4 is 17.2 Å². The van der Waals surface area contributed by atoms with E-state index >= 15 is 0 Å². The van der Waals surface area contributed by atoms with Crippen molar-refractivity contribution in [2.24, 2.45) is 23.2 Å². The molecule has 0 aromatic heterocycles. The standard InChI is InChI=1S/C23H30N2O/c1-22(2)13-17-3-4-18(24)8-19(17)20(25-22)9-21(26)23-10-14-5-15(11-23)7-16(6-14)12-23/h3-4,8-9,14-16,25H,5-7,10-13,24H2,1-2H3. The molecule has 3 nitrogen and oxygen atoms in total. The van der Waals surface area contributed by atoms with E-state index in [2.05, 4.69) is 25.2 Å². The second-order valence-corrected chi connectivity index (χ2v) is 10.2. The maximum atomic E-state index is 13.5. The van der Waals surface area contributed by atoms with Crippen LogP contribution in [-0.4, -0.2) is 11.3 Å². The van der Waals surface area contributed by atoms with Gasteiger partial charge in [0.05, 0.1) is 0 Å². The van der Waals surface area contributed by atoms with Gasteiger partial charge in [-0.25, -0.2) is 0 Å². The van der Waals surface area contributed by atoms with Gasteiger partial charge in [-0.15, -0.1) is 0 Å². The van der Waals surface area contributed by atoms with E-state index in [1.54, 1.807) is 0 Å². The molecular weight excluding hydrogens is 320 g/mol. The summed E-state index contributed by atoms with van der Waals surface area (Å²) in [6.45, 7) is 4.41. The molecule has 1 heterocycles. The average Bonchev–Trinajstić information content (AvgIpc) is 2.53. The van der Waals surface area contributed by atoms with Crippen LogP contribution in [0.4, 0.5) is 5.69 Å². The van der Waals surface area contributed by atoms with Crippen molar-refractivity contribution in [2.45, 2.75) is 64.3 Å². The van der Waals surface area contributed by atoms with Crippen molar-refractivity contribution in [2.75, 3.05) is 5.73 Å². The maximum absolute atomic E-state index is 13.5. The van der Waals surface area contributed by atoms with Crippen LogP contribution < -0.4 is 11.1 Å². The van der Waals surface area contributed by atoms with Crippen molar-refractivity contribution < 1.29 is 4.79 Å². The van der Waals surface area contributed by atoms with Crippen LogP contribution in [0.1, 0.15) is 63.5 Å². The number of nitrogens with two attached hydrogens (primary N) is 1. The summed E-state index contributed by atoms with van der Waals surface area (Å²) in [6.07, 6.45) is 10.4. The summed E-state index contributed by atoms with van der Waals surface area (Å²) in [5, 5.41) is 3.62. The Morgan fingerprint density at radius 1 is 1.12 bits per heavy atom. The fraction of sp³-hybridized carbons (Fsp3) is 0.609. The molecule has 0 atom stereocenters. The Bertz CT molecular complexity index is 769. The summed E-state index contributed by atoms with van der Waals surface area (Å²) in [6, 6.07) is 6.12. The Morgan fingerprint density at radius 3 is 2.35 bits per heavy atom. The van der Waals surface area contributed by atoms with Gasteiger partial charge >= 0.3 is 0 Å². The summed E-state index contributed by atoms with van der Waals surface area (Å²) < 4.78 is 0. The highest BCUT2D eigenvalue weighted by Crippen LogP contribution is 2.60. The Hall–Kier alpha value is -1.77. The molecule has 0 radical (unpaired) electrons. The molecule has 4 fully saturated rings. The minimum atomic E-state index is -0.0779. The number of nitrogens with one attached hydrogen (secondary N) is 1. The quantitative estimate of drug-likeness (QED) is 0.617. The van der Waals surface area contributed by atoms with E-state index in [0.29, 0.717) is 5.78 Å². The number of anilines is 1. The normalized spacial score (nSPS) is 38.1. The summed E-state index contributed by atoms with van der Waals surface area (Å²) in [4.78, 5) is 13.5. The molecule has 0 saturated heterocycles. The van der Waals surface area contributed by atoms with Gasteiger partial charge in [-0.2, -0.15) is 0 Å². The Labute approximate surface area is 156 Å². The second-order valence-electron chi connectivity index (χ2n) is 10.2. The number of benzene rings is 1. The molecular formula is C23H30N2O. The number of fused-ring (bicyclic) bond motifs is 1. The van der Waals surface area contributed by atoms with Crippen LogP contribution in [0.3, 0.4) is 0 Å². The molecule has 0 amide bonds.